The van der Waals surface area contributed by atoms with Gasteiger partial charge in [-0.15, -0.1) is 5.10 Å². The zero-order chi connectivity index (χ0) is 13.2. The van der Waals surface area contributed by atoms with Gasteiger partial charge in [0, 0.05) is 19.4 Å². The molecule has 1 aliphatic carbocycles. The van der Waals surface area contributed by atoms with Gasteiger partial charge in [0.25, 0.3) is 0 Å². The summed E-state index contributed by atoms with van der Waals surface area (Å²) in [5.74, 6) is -2.24. The highest BCUT2D eigenvalue weighted by atomic mass is 19.3. The van der Waals surface area contributed by atoms with Crippen LogP contribution in [-0.2, 0) is 6.54 Å². The van der Waals surface area contributed by atoms with Gasteiger partial charge in [-0.05, 0) is 32.7 Å². The molecule has 1 unspecified atom stereocenters. The van der Waals surface area contributed by atoms with Gasteiger partial charge in [-0.3, -0.25) is 0 Å². The molecule has 18 heavy (non-hydrogen) atoms. The molecule has 0 aliphatic heterocycles. The average Bonchev–Trinajstić information content (AvgIpc) is 2.80. The van der Waals surface area contributed by atoms with Gasteiger partial charge in [0.15, 0.2) is 0 Å². The first-order valence-corrected chi connectivity index (χ1v) is 6.51. The van der Waals surface area contributed by atoms with Gasteiger partial charge < -0.3 is 5.32 Å². The van der Waals surface area contributed by atoms with Gasteiger partial charge in [0.2, 0.25) is 5.92 Å². The Bertz CT molecular complexity index is 381. The van der Waals surface area contributed by atoms with Gasteiger partial charge >= 0.3 is 0 Å². The first-order chi connectivity index (χ1) is 8.57. The Balaban J connectivity index is 2.10. The number of halogens is 2. The fraction of sp³-hybridized carbons (Fsp3) is 0.833. The van der Waals surface area contributed by atoms with Crippen molar-refractivity contribution in [2.45, 2.75) is 51.1 Å². The molecular formula is C12H20F2N4. The summed E-state index contributed by atoms with van der Waals surface area (Å²) in [6.07, 6.45) is 2.81. The fourth-order valence-corrected chi connectivity index (χ4v) is 2.77. The molecule has 0 amide bonds. The molecule has 1 fully saturated rings. The highest BCUT2D eigenvalue weighted by Gasteiger charge is 2.38. The van der Waals surface area contributed by atoms with E-state index in [1.807, 2.05) is 18.7 Å². The molecule has 6 heteroatoms. The number of hydrogen-bond acceptors (Lipinski definition) is 3. The minimum Gasteiger partial charge on any atom is -0.311 e. The minimum atomic E-state index is -2.47. The highest BCUT2D eigenvalue weighted by molar-refractivity contribution is 5.05. The molecule has 102 valence electrons. The topological polar surface area (TPSA) is 42.7 Å². The van der Waals surface area contributed by atoms with E-state index in [2.05, 4.69) is 15.6 Å². The summed E-state index contributed by atoms with van der Waals surface area (Å²) in [5.41, 5.74) is 0.996. The van der Waals surface area contributed by atoms with E-state index in [4.69, 9.17) is 0 Å². The lowest BCUT2D eigenvalue weighted by molar-refractivity contribution is -0.0498. The minimum absolute atomic E-state index is 0.0104. The lowest BCUT2D eigenvalue weighted by Gasteiger charge is -2.33. The summed E-state index contributed by atoms with van der Waals surface area (Å²) in [5, 5.41) is 11.1. The van der Waals surface area contributed by atoms with E-state index in [1.165, 1.54) is 0 Å². The molecule has 1 aromatic rings. The number of nitrogens with zero attached hydrogens (tertiary/aromatic N) is 3. The first-order valence-electron chi connectivity index (χ1n) is 6.51. The third-order valence-corrected chi connectivity index (χ3v) is 3.81. The van der Waals surface area contributed by atoms with Crippen LogP contribution in [0.4, 0.5) is 8.78 Å². The van der Waals surface area contributed by atoms with E-state index >= 15 is 0 Å². The van der Waals surface area contributed by atoms with Crippen LogP contribution in [0.2, 0.25) is 0 Å². The van der Waals surface area contributed by atoms with Crippen LogP contribution in [0.5, 0.6) is 0 Å². The van der Waals surface area contributed by atoms with Crippen molar-refractivity contribution in [3.05, 3.63) is 11.9 Å². The van der Waals surface area contributed by atoms with Crippen LogP contribution in [0.25, 0.3) is 0 Å². The number of nitrogens with one attached hydrogen (secondary N) is 1. The van der Waals surface area contributed by atoms with Crippen molar-refractivity contribution < 1.29 is 8.78 Å². The predicted molar refractivity (Wildman–Crippen MR) is 64.4 cm³/mol. The number of aryl methyl sites for hydroxylation is 1. The van der Waals surface area contributed by atoms with Crippen molar-refractivity contribution in [3.63, 3.8) is 0 Å². The summed E-state index contributed by atoms with van der Waals surface area (Å²) in [4.78, 5) is 0. The maximum absolute atomic E-state index is 13.2. The highest BCUT2D eigenvalue weighted by Crippen LogP contribution is 2.41. The van der Waals surface area contributed by atoms with Crippen LogP contribution in [-0.4, -0.2) is 28.0 Å². The van der Waals surface area contributed by atoms with Crippen molar-refractivity contribution >= 4 is 0 Å². The first kappa shape index (κ1) is 13.4. The molecule has 0 radical (unpaired) electrons. The van der Waals surface area contributed by atoms with Gasteiger partial charge in [-0.1, -0.05) is 5.21 Å². The quantitative estimate of drug-likeness (QED) is 0.901. The molecule has 4 nitrogen and oxygen atoms in total. The summed E-state index contributed by atoms with van der Waals surface area (Å²) in [6, 6.07) is 0.0658. The number of aromatic nitrogens is 3. The molecule has 1 aliphatic rings. The SMILES string of the molecule is CCn1nncc1C(NC)C1CCC(F)(F)CC1. The Labute approximate surface area is 106 Å². The van der Waals surface area contributed by atoms with Gasteiger partial charge in [0.1, 0.15) is 0 Å². The molecule has 0 bridgehead atoms. The number of alkyl halides is 2. The van der Waals surface area contributed by atoms with Gasteiger partial charge in [-0.25, -0.2) is 13.5 Å². The zero-order valence-corrected chi connectivity index (χ0v) is 10.9. The van der Waals surface area contributed by atoms with Crippen molar-refractivity contribution in [2.75, 3.05) is 7.05 Å². The van der Waals surface area contributed by atoms with Gasteiger partial charge in [-0.2, -0.15) is 0 Å². The normalized spacial score (nSPS) is 22.0. The maximum atomic E-state index is 13.2. The molecule has 2 rings (SSSR count). The lowest BCUT2D eigenvalue weighted by Crippen LogP contribution is -2.33. The second kappa shape index (κ2) is 5.30. The van der Waals surface area contributed by atoms with E-state index in [0.29, 0.717) is 12.8 Å². The zero-order valence-electron chi connectivity index (χ0n) is 10.9. The summed E-state index contributed by atoms with van der Waals surface area (Å²) >= 11 is 0. The third-order valence-electron chi connectivity index (χ3n) is 3.81. The molecule has 1 aromatic heterocycles. The van der Waals surface area contributed by atoms with E-state index in [9.17, 15) is 8.78 Å². The standard InChI is InChI=1S/C12H20F2N4/c1-3-18-10(8-16-17-18)11(15-2)9-4-6-12(13,14)7-5-9/h8-9,11,15H,3-7H2,1-2H3. The Morgan fingerprint density at radius 1 is 1.50 bits per heavy atom. The molecule has 1 saturated carbocycles. The Morgan fingerprint density at radius 3 is 2.72 bits per heavy atom. The second-order valence-corrected chi connectivity index (χ2v) is 4.93. The maximum Gasteiger partial charge on any atom is 0.248 e. The predicted octanol–water partition coefficient (Wildman–Crippen LogP) is 2.38. The molecule has 0 saturated heterocycles. The fourth-order valence-electron chi connectivity index (χ4n) is 2.77. The van der Waals surface area contributed by atoms with Crippen molar-refractivity contribution in [3.8, 4) is 0 Å². The van der Waals surface area contributed by atoms with E-state index in [-0.39, 0.29) is 24.8 Å². The van der Waals surface area contributed by atoms with Crippen LogP contribution >= 0.6 is 0 Å². The van der Waals surface area contributed by atoms with Crippen LogP contribution < -0.4 is 5.32 Å². The van der Waals surface area contributed by atoms with E-state index < -0.39 is 5.92 Å². The molecule has 1 atom stereocenters. The third kappa shape index (κ3) is 2.68. The van der Waals surface area contributed by atoms with Crippen LogP contribution in [0.3, 0.4) is 0 Å². The summed E-state index contributed by atoms with van der Waals surface area (Å²) in [6.45, 7) is 2.75. The smallest absolute Gasteiger partial charge is 0.248 e. The van der Waals surface area contributed by atoms with E-state index in [1.54, 1.807) is 6.20 Å². The Morgan fingerprint density at radius 2 is 2.17 bits per heavy atom. The van der Waals surface area contributed by atoms with Crippen molar-refractivity contribution in [1.82, 2.24) is 20.3 Å². The van der Waals surface area contributed by atoms with E-state index in [0.717, 1.165) is 12.2 Å². The molecule has 0 spiro atoms. The molecule has 1 N–H and O–H groups in total. The van der Waals surface area contributed by atoms with Gasteiger partial charge in [0.05, 0.1) is 17.9 Å². The van der Waals surface area contributed by atoms with Crippen molar-refractivity contribution in [1.29, 1.82) is 0 Å². The lowest BCUT2D eigenvalue weighted by atomic mass is 9.81. The van der Waals surface area contributed by atoms with Crippen LogP contribution in [0.1, 0.15) is 44.3 Å². The van der Waals surface area contributed by atoms with Crippen LogP contribution in [0, 0.1) is 5.92 Å². The molecule has 1 heterocycles. The Kier molecular flexibility index (Phi) is 3.94. The van der Waals surface area contributed by atoms with Crippen LogP contribution in [0.15, 0.2) is 6.20 Å². The second-order valence-electron chi connectivity index (χ2n) is 4.93. The summed E-state index contributed by atoms with van der Waals surface area (Å²) in [7, 11) is 1.87. The number of hydrogen-bond donors (Lipinski definition) is 1. The molecule has 0 aromatic carbocycles. The monoisotopic (exact) mass is 258 g/mol. The average molecular weight is 258 g/mol. The van der Waals surface area contributed by atoms with Crippen molar-refractivity contribution in [2.24, 2.45) is 5.92 Å². The largest absolute Gasteiger partial charge is 0.311 e. The number of rotatable bonds is 4. The molecular weight excluding hydrogens is 238 g/mol. The Hall–Kier alpha value is -1.04. The summed E-state index contributed by atoms with van der Waals surface area (Å²) < 4.78 is 28.2.